The van der Waals surface area contributed by atoms with Crippen LogP contribution in [0.1, 0.15) is 19.8 Å². The molecule has 1 heterocycles. The highest BCUT2D eigenvalue weighted by molar-refractivity contribution is 6.46. The highest BCUT2D eigenvalue weighted by Crippen LogP contribution is 2.27. The van der Waals surface area contributed by atoms with Crippen LogP contribution in [0.25, 0.3) is 0 Å². The lowest BCUT2D eigenvalue weighted by molar-refractivity contribution is 0.0673. The van der Waals surface area contributed by atoms with Crippen LogP contribution < -0.4 is 10.5 Å². The van der Waals surface area contributed by atoms with Crippen LogP contribution in [0.5, 0.6) is 5.75 Å². The van der Waals surface area contributed by atoms with Gasteiger partial charge in [-0.1, -0.05) is 35.0 Å². The average Bonchev–Trinajstić information content (AvgIpc) is 2.82. The molecule has 32 heavy (non-hydrogen) atoms. The summed E-state index contributed by atoms with van der Waals surface area (Å²) in [6.45, 7) is 2.49. The Morgan fingerprint density at radius 2 is 2.09 bits per heavy atom. The van der Waals surface area contributed by atoms with Gasteiger partial charge in [-0.25, -0.2) is 4.39 Å². The summed E-state index contributed by atoms with van der Waals surface area (Å²) < 4.78 is 31.9. The number of alkyl halides is 1. The number of nitrogens with two attached hydrogens (primary N) is 1. The van der Waals surface area contributed by atoms with Crippen LogP contribution in [0.3, 0.4) is 0 Å². The Hall–Kier alpha value is -3.11. The second kappa shape index (κ2) is 11.5. The van der Waals surface area contributed by atoms with E-state index in [1.807, 2.05) is 0 Å². The Balaban J connectivity index is 1.78. The predicted molar refractivity (Wildman–Crippen MR) is 118 cm³/mol. The third-order valence-corrected chi connectivity index (χ3v) is 4.69. The molecule has 1 aromatic carbocycles. The molecule has 1 aromatic rings. The van der Waals surface area contributed by atoms with Crippen molar-refractivity contribution >= 4 is 29.1 Å². The van der Waals surface area contributed by atoms with Gasteiger partial charge in [-0.05, 0) is 43.1 Å². The van der Waals surface area contributed by atoms with E-state index in [4.69, 9.17) is 36.4 Å². The van der Waals surface area contributed by atoms with Crippen LogP contribution in [0.4, 0.5) is 4.39 Å². The van der Waals surface area contributed by atoms with Crippen molar-refractivity contribution in [2.24, 2.45) is 21.0 Å². The van der Waals surface area contributed by atoms with Gasteiger partial charge >= 0.3 is 0 Å². The molecule has 0 fully saturated rings. The molecule has 11 heteroatoms. The van der Waals surface area contributed by atoms with Gasteiger partial charge in [0.15, 0.2) is 18.5 Å². The maximum absolute atomic E-state index is 15.2. The number of ether oxygens (including phenoxy) is 3. The number of hydrogen-bond donors (Lipinski definition) is 2. The molecule has 0 saturated heterocycles. The summed E-state index contributed by atoms with van der Waals surface area (Å²) in [6.07, 6.45) is 1.42. The van der Waals surface area contributed by atoms with Crippen LogP contribution in [0.2, 0.25) is 5.02 Å². The second-order valence-corrected chi connectivity index (χ2v) is 7.03. The summed E-state index contributed by atoms with van der Waals surface area (Å²) in [5.41, 5.74) is 6.28. The Labute approximate surface area is 189 Å². The van der Waals surface area contributed by atoms with E-state index in [0.29, 0.717) is 23.4 Å². The lowest BCUT2D eigenvalue weighted by Crippen LogP contribution is -2.43. The Bertz CT molecular complexity index is 963. The molecule has 172 valence electrons. The molecule has 1 aliphatic heterocycles. The number of hydrogen-bond acceptors (Lipinski definition) is 9. The molecular formula is C21H24ClFN4O5. The molecule has 0 aromatic heterocycles. The molecule has 2 aliphatic rings. The highest BCUT2D eigenvalue weighted by Gasteiger charge is 2.31. The van der Waals surface area contributed by atoms with Crippen molar-refractivity contribution in [2.75, 3.05) is 19.8 Å². The summed E-state index contributed by atoms with van der Waals surface area (Å²) in [6, 6.07) is 6.59. The van der Waals surface area contributed by atoms with Gasteiger partial charge in [0.1, 0.15) is 18.1 Å². The first-order chi connectivity index (χ1) is 15.5. The average molecular weight is 467 g/mol. The SMILES string of the molecule is CCN=C(OC1=CCCC=C1C(=NO)C1=NOCCO1)C(F)C(N)Oc1ccccc1Cl. The Kier molecular flexibility index (Phi) is 8.46. The summed E-state index contributed by atoms with van der Waals surface area (Å²) in [4.78, 5) is 9.11. The fraction of sp³-hybridized carbons (Fsp3) is 0.381. The number of oxime groups is 2. The zero-order chi connectivity index (χ0) is 22.9. The van der Waals surface area contributed by atoms with Crippen LogP contribution in [0, 0.1) is 0 Å². The predicted octanol–water partition coefficient (Wildman–Crippen LogP) is 3.57. The lowest BCUT2D eigenvalue weighted by Gasteiger charge is -2.24. The number of halogens is 2. The van der Waals surface area contributed by atoms with Crippen molar-refractivity contribution in [3.63, 3.8) is 0 Å². The van der Waals surface area contributed by atoms with Gasteiger partial charge in [0.25, 0.3) is 5.90 Å². The zero-order valence-corrected chi connectivity index (χ0v) is 18.2. The van der Waals surface area contributed by atoms with E-state index in [-0.39, 0.29) is 48.8 Å². The van der Waals surface area contributed by atoms with Crippen LogP contribution in [0.15, 0.2) is 63.1 Å². The molecule has 2 unspecified atom stereocenters. The first-order valence-corrected chi connectivity index (χ1v) is 10.4. The Morgan fingerprint density at radius 3 is 2.78 bits per heavy atom. The van der Waals surface area contributed by atoms with Gasteiger partial charge < -0.3 is 24.3 Å². The largest absolute Gasteiger partial charge is 0.470 e. The fourth-order valence-corrected chi connectivity index (χ4v) is 3.10. The second-order valence-electron chi connectivity index (χ2n) is 6.62. The van der Waals surface area contributed by atoms with Crippen molar-refractivity contribution in [2.45, 2.75) is 32.2 Å². The van der Waals surface area contributed by atoms with Gasteiger partial charge in [-0.3, -0.25) is 10.7 Å². The van der Waals surface area contributed by atoms with Gasteiger partial charge in [0.2, 0.25) is 12.1 Å². The van der Waals surface area contributed by atoms with Crippen LogP contribution >= 0.6 is 11.6 Å². The molecule has 0 bridgehead atoms. The normalized spacial score (nSPS) is 18.9. The molecule has 2 atom stereocenters. The summed E-state index contributed by atoms with van der Waals surface area (Å²) in [5.74, 6) is 0.164. The van der Waals surface area contributed by atoms with Crippen molar-refractivity contribution in [1.29, 1.82) is 0 Å². The van der Waals surface area contributed by atoms with Crippen molar-refractivity contribution < 1.29 is 28.6 Å². The zero-order valence-electron chi connectivity index (χ0n) is 17.4. The quantitative estimate of drug-likeness (QED) is 0.199. The summed E-state index contributed by atoms with van der Waals surface area (Å²) in [7, 11) is 0. The smallest absolute Gasteiger partial charge is 0.280 e. The van der Waals surface area contributed by atoms with Gasteiger partial charge in [0.05, 0.1) is 5.02 Å². The topological polar surface area (TPSA) is 120 Å². The van der Waals surface area contributed by atoms with E-state index in [1.165, 1.54) is 0 Å². The molecule has 3 N–H and O–H groups in total. The number of nitrogens with zero attached hydrogens (tertiary/aromatic N) is 3. The van der Waals surface area contributed by atoms with Crippen molar-refractivity contribution in [1.82, 2.24) is 0 Å². The molecule has 0 spiro atoms. The van der Waals surface area contributed by atoms with E-state index in [9.17, 15) is 5.21 Å². The Morgan fingerprint density at radius 1 is 1.31 bits per heavy atom. The third kappa shape index (κ3) is 5.77. The van der Waals surface area contributed by atoms with E-state index in [2.05, 4.69) is 15.3 Å². The molecular weight excluding hydrogens is 443 g/mol. The lowest BCUT2D eigenvalue weighted by atomic mass is 10.0. The van der Waals surface area contributed by atoms with E-state index in [1.54, 1.807) is 43.3 Å². The summed E-state index contributed by atoms with van der Waals surface area (Å²) >= 11 is 6.06. The number of aliphatic imine (C=N–C) groups is 1. The minimum absolute atomic E-state index is 0.00137. The molecule has 1 aliphatic carbocycles. The van der Waals surface area contributed by atoms with E-state index >= 15 is 4.39 Å². The standard InChI is InChI=1S/C21H24ClFN4O5/c1-2-25-20(17(23)19(24)31-16-10-6-4-8-14(16)22)32-15-9-5-3-7-13(15)18(26-28)21-27-30-12-11-29-21/h4,6-10,17,19,28H,2-3,5,11-12,24H2,1H3. The molecule has 0 saturated carbocycles. The molecule has 0 amide bonds. The molecule has 0 radical (unpaired) electrons. The monoisotopic (exact) mass is 466 g/mol. The number of allylic oxidation sites excluding steroid dienone is 3. The maximum Gasteiger partial charge on any atom is 0.280 e. The van der Waals surface area contributed by atoms with Crippen LogP contribution in [-0.2, 0) is 14.3 Å². The van der Waals surface area contributed by atoms with Crippen molar-refractivity contribution in [3.05, 3.63) is 52.8 Å². The molecule has 3 rings (SSSR count). The maximum atomic E-state index is 15.2. The number of benzene rings is 1. The minimum Gasteiger partial charge on any atom is -0.470 e. The van der Waals surface area contributed by atoms with Gasteiger partial charge in [-0.2, -0.15) is 0 Å². The van der Waals surface area contributed by atoms with Gasteiger partial charge in [0, 0.05) is 12.1 Å². The van der Waals surface area contributed by atoms with Crippen LogP contribution in [-0.4, -0.2) is 54.9 Å². The number of rotatable bonds is 8. The number of para-hydroxylation sites is 1. The first kappa shape index (κ1) is 23.6. The highest BCUT2D eigenvalue weighted by atomic mass is 35.5. The minimum atomic E-state index is -1.91. The van der Waals surface area contributed by atoms with E-state index < -0.39 is 12.4 Å². The van der Waals surface area contributed by atoms with Crippen molar-refractivity contribution in [3.8, 4) is 5.75 Å². The van der Waals surface area contributed by atoms with Gasteiger partial charge in [-0.15, -0.1) is 0 Å². The first-order valence-electron chi connectivity index (χ1n) is 10.0. The fourth-order valence-electron chi connectivity index (χ4n) is 2.92. The third-order valence-electron chi connectivity index (χ3n) is 4.38. The summed E-state index contributed by atoms with van der Waals surface area (Å²) in [5, 5.41) is 16.9. The van der Waals surface area contributed by atoms with E-state index in [0.717, 1.165) is 0 Å². The molecule has 9 nitrogen and oxygen atoms in total.